The zero-order valence-corrected chi connectivity index (χ0v) is 13.0. The molecule has 2 heterocycles. The molecule has 0 radical (unpaired) electrons. The number of hydrogen-bond acceptors (Lipinski definition) is 5. The molecule has 1 aliphatic heterocycles. The van der Waals surface area contributed by atoms with Crippen molar-refractivity contribution in [3.8, 4) is 0 Å². The predicted octanol–water partition coefficient (Wildman–Crippen LogP) is 1.51. The molecule has 1 N–H and O–H groups in total. The van der Waals surface area contributed by atoms with Crippen molar-refractivity contribution in [2.75, 3.05) is 25.1 Å². The highest BCUT2D eigenvalue weighted by atomic mass is 32.2. The molecule has 1 saturated heterocycles. The molecule has 0 saturated carbocycles. The molecule has 2 amide bonds. The number of thioether (sulfide) groups is 1. The first-order chi connectivity index (χ1) is 9.49. The van der Waals surface area contributed by atoms with Crippen LogP contribution < -0.4 is 0 Å². The number of carboxylic acid groups (broad SMARTS) is 1. The second-order valence-corrected chi connectivity index (χ2v) is 6.83. The molecule has 0 aliphatic carbocycles. The maximum Gasteiger partial charge on any atom is 0.327 e. The fraction of sp³-hybridized carbons (Fsp3) is 0.583. The van der Waals surface area contributed by atoms with E-state index in [1.807, 2.05) is 12.3 Å². The topological polar surface area (TPSA) is 73.7 Å². The van der Waals surface area contributed by atoms with Crippen LogP contribution in [0.25, 0.3) is 0 Å². The number of aliphatic carboxylic acids is 1. The van der Waals surface area contributed by atoms with E-state index in [-0.39, 0.29) is 6.03 Å². The number of rotatable bonds is 3. The van der Waals surface area contributed by atoms with Gasteiger partial charge in [0, 0.05) is 30.5 Å². The molecule has 6 nitrogen and oxygen atoms in total. The molecule has 1 fully saturated rings. The second-order valence-electron chi connectivity index (χ2n) is 4.62. The number of amides is 2. The first-order valence-electron chi connectivity index (χ1n) is 6.22. The molecule has 1 aromatic rings. The van der Waals surface area contributed by atoms with Crippen LogP contribution in [0.1, 0.15) is 10.7 Å². The number of carbonyl (C=O) groups is 2. The average Bonchev–Trinajstić information content (AvgIpc) is 2.83. The van der Waals surface area contributed by atoms with Crippen LogP contribution in [0.2, 0.25) is 0 Å². The third kappa shape index (κ3) is 3.43. The Balaban J connectivity index is 2.02. The zero-order valence-electron chi connectivity index (χ0n) is 11.4. The van der Waals surface area contributed by atoms with Gasteiger partial charge in [-0.2, -0.15) is 11.8 Å². The quantitative estimate of drug-likeness (QED) is 0.915. The third-order valence-electron chi connectivity index (χ3n) is 3.05. The van der Waals surface area contributed by atoms with Gasteiger partial charge in [-0.15, -0.1) is 11.3 Å². The van der Waals surface area contributed by atoms with Gasteiger partial charge in [-0.05, 0) is 6.92 Å². The highest BCUT2D eigenvalue weighted by Gasteiger charge is 2.33. The lowest BCUT2D eigenvalue weighted by Gasteiger charge is -2.35. The van der Waals surface area contributed by atoms with Crippen molar-refractivity contribution in [3.63, 3.8) is 0 Å². The van der Waals surface area contributed by atoms with E-state index in [0.717, 1.165) is 16.5 Å². The molecule has 8 heteroatoms. The summed E-state index contributed by atoms with van der Waals surface area (Å²) in [5.74, 6) is 0.285. The van der Waals surface area contributed by atoms with E-state index in [0.29, 0.717) is 18.8 Å². The van der Waals surface area contributed by atoms with E-state index < -0.39 is 12.0 Å². The Morgan fingerprint density at radius 3 is 2.95 bits per heavy atom. The van der Waals surface area contributed by atoms with E-state index >= 15 is 0 Å². The van der Waals surface area contributed by atoms with E-state index in [1.54, 1.807) is 18.8 Å². The van der Waals surface area contributed by atoms with Crippen molar-refractivity contribution in [2.24, 2.45) is 0 Å². The number of aryl methyl sites for hydroxylation is 1. The number of hydrogen-bond donors (Lipinski definition) is 1. The van der Waals surface area contributed by atoms with Gasteiger partial charge >= 0.3 is 12.0 Å². The molecule has 1 atom stereocenters. The molecule has 1 aromatic heterocycles. The lowest BCUT2D eigenvalue weighted by molar-refractivity contribution is -0.141. The third-order valence-corrected chi connectivity index (χ3v) is 4.90. The van der Waals surface area contributed by atoms with Crippen LogP contribution in [-0.2, 0) is 11.3 Å². The number of carbonyl (C=O) groups excluding carboxylic acids is 1. The SMILES string of the molecule is Cc1nc(CN(C)C(=O)N2CCSCC2C(=O)O)cs1. The Labute approximate surface area is 125 Å². The summed E-state index contributed by atoms with van der Waals surface area (Å²) in [7, 11) is 1.68. The first-order valence-corrected chi connectivity index (χ1v) is 8.25. The standard InChI is InChI=1S/C12H17N3O3S2/c1-8-13-9(6-20-8)5-14(2)12(18)15-3-4-19-7-10(15)11(16)17/h6,10H,3-5,7H2,1-2H3,(H,16,17). The normalized spacial score (nSPS) is 18.9. The van der Waals surface area contributed by atoms with E-state index in [1.165, 1.54) is 21.1 Å². The number of nitrogens with zero attached hydrogens (tertiary/aromatic N) is 3. The van der Waals surface area contributed by atoms with Crippen molar-refractivity contribution < 1.29 is 14.7 Å². The van der Waals surface area contributed by atoms with Crippen LogP contribution in [0.3, 0.4) is 0 Å². The predicted molar refractivity (Wildman–Crippen MR) is 79.2 cm³/mol. The first kappa shape index (κ1) is 15.1. The summed E-state index contributed by atoms with van der Waals surface area (Å²) >= 11 is 3.11. The van der Waals surface area contributed by atoms with Gasteiger partial charge in [0.15, 0.2) is 0 Å². The Morgan fingerprint density at radius 2 is 2.35 bits per heavy atom. The molecule has 0 aromatic carbocycles. The van der Waals surface area contributed by atoms with Gasteiger partial charge in [0.2, 0.25) is 0 Å². The number of carboxylic acids is 1. The fourth-order valence-electron chi connectivity index (χ4n) is 2.05. The molecule has 2 rings (SSSR count). The summed E-state index contributed by atoms with van der Waals surface area (Å²) in [6, 6.07) is -0.982. The number of aromatic nitrogens is 1. The van der Waals surface area contributed by atoms with Crippen molar-refractivity contribution in [3.05, 3.63) is 16.1 Å². The van der Waals surface area contributed by atoms with Gasteiger partial charge in [0.25, 0.3) is 0 Å². The fourth-order valence-corrected chi connectivity index (χ4v) is 3.69. The number of thiazole rings is 1. The highest BCUT2D eigenvalue weighted by molar-refractivity contribution is 7.99. The van der Waals surface area contributed by atoms with Gasteiger partial charge in [0.1, 0.15) is 6.04 Å². The van der Waals surface area contributed by atoms with E-state index in [9.17, 15) is 14.7 Å². The number of urea groups is 1. The molecule has 110 valence electrons. The minimum Gasteiger partial charge on any atom is -0.480 e. The zero-order chi connectivity index (χ0) is 14.7. The van der Waals surface area contributed by atoms with Crippen molar-refractivity contribution in [1.82, 2.24) is 14.8 Å². The maximum absolute atomic E-state index is 12.4. The molecular weight excluding hydrogens is 298 g/mol. The Bertz CT molecular complexity index is 506. The van der Waals surface area contributed by atoms with Crippen LogP contribution in [0.5, 0.6) is 0 Å². The van der Waals surface area contributed by atoms with E-state index in [4.69, 9.17) is 0 Å². The van der Waals surface area contributed by atoms with Crippen molar-refractivity contribution in [2.45, 2.75) is 19.5 Å². The summed E-state index contributed by atoms with van der Waals surface area (Å²) in [5, 5.41) is 12.1. The minimum atomic E-state index is -0.941. The van der Waals surface area contributed by atoms with E-state index in [2.05, 4.69) is 4.98 Å². The van der Waals surface area contributed by atoms with Crippen LogP contribution in [0, 0.1) is 6.92 Å². The molecule has 1 aliphatic rings. The van der Waals surface area contributed by atoms with Crippen LogP contribution in [0.4, 0.5) is 4.79 Å². The van der Waals surface area contributed by atoms with Gasteiger partial charge in [-0.25, -0.2) is 14.6 Å². The van der Waals surface area contributed by atoms with Gasteiger partial charge in [0.05, 0.1) is 17.2 Å². The molecule has 0 spiro atoms. The Hall–Kier alpha value is -1.28. The van der Waals surface area contributed by atoms with Gasteiger partial charge in [-0.3, -0.25) is 0 Å². The highest BCUT2D eigenvalue weighted by Crippen LogP contribution is 2.19. The summed E-state index contributed by atoms with van der Waals surface area (Å²) in [5.41, 5.74) is 0.835. The minimum absolute atomic E-state index is 0.247. The summed E-state index contributed by atoms with van der Waals surface area (Å²) in [4.78, 5) is 30.9. The lowest BCUT2D eigenvalue weighted by Crippen LogP contribution is -2.53. The molecular formula is C12H17N3O3S2. The monoisotopic (exact) mass is 315 g/mol. The molecule has 0 bridgehead atoms. The maximum atomic E-state index is 12.4. The average molecular weight is 315 g/mol. The van der Waals surface area contributed by atoms with Gasteiger partial charge in [-0.1, -0.05) is 0 Å². The smallest absolute Gasteiger partial charge is 0.327 e. The molecule has 20 heavy (non-hydrogen) atoms. The summed E-state index contributed by atoms with van der Waals surface area (Å²) in [6.45, 7) is 2.79. The van der Waals surface area contributed by atoms with Gasteiger partial charge < -0.3 is 14.9 Å². The lowest BCUT2D eigenvalue weighted by atomic mass is 10.3. The van der Waals surface area contributed by atoms with Crippen molar-refractivity contribution in [1.29, 1.82) is 0 Å². The largest absolute Gasteiger partial charge is 0.480 e. The summed E-state index contributed by atoms with van der Waals surface area (Å²) in [6.07, 6.45) is 0. The van der Waals surface area contributed by atoms with Crippen LogP contribution in [-0.4, -0.2) is 63.0 Å². The second kappa shape index (κ2) is 6.45. The van der Waals surface area contributed by atoms with Crippen LogP contribution >= 0.6 is 23.1 Å². The molecule has 1 unspecified atom stereocenters. The van der Waals surface area contributed by atoms with Crippen LogP contribution in [0.15, 0.2) is 5.38 Å². The Kier molecular flexibility index (Phi) is 4.87. The summed E-state index contributed by atoms with van der Waals surface area (Å²) < 4.78 is 0. The Morgan fingerprint density at radius 1 is 1.60 bits per heavy atom. The van der Waals surface area contributed by atoms with Crippen molar-refractivity contribution >= 4 is 35.1 Å².